The van der Waals surface area contributed by atoms with Gasteiger partial charge in [-0.25, -0.2) is 4.98 Å². The summed E-state index contributed by atoms with van der Waals surface area (Å²) < 4.78 is 1.81. The van der Waals surface area contributed by atoms with Crippen molar-refractivity contribution >= 4 is 5.71 Å². The Balaban J connectivity index is 1.52. The molecular weight excluding hydrogens is 338 g/mol. The molecule has 6 heteroatoms. The lowest BCUT2D eigenvalue weighted by molar-refractivity contribution is 0.128. The fourth-order valence-electron chi connectivity index (χ4n) is 2.51. The van der Waals surface area contributed by atoms with Gasteiger partial charge in [-0.05, 0) is 30.9 Å². The first-order valence-electron chi connectivity index (χ1n) is 8.87. The van der Waals surface area contributed by atoms with Crippen molar-refractivity contribution in [2.75, 3.05) is 0 Å². The SMILES string of the molecule is Cn1cnnc1C(=NOCc1cccc(C#CC2CC2)n1)c1ccccc1. The molecule has 2 heterocycles. The molecule has 0 unspecified atom stereocenters. The van der Waals surface area contributed by atoms with Crippen LogP contribution in [0.4, 0.5) is 0 Å². The highest BCUT2D eigenvalue weighted by Crippen LogP contribution is 2.27. The van der Waals surface area contributed by atoms with Crippen LogP contribution in [0.15, 0.2) is 60.0 Å². The van der Waals surface area contributed by atoms with Crippen LogP contribution in [0.5, 0.6) is 0 Å². The van der Waals surface area contributed by atoms with Gasteiger partial charge >= 0.3 is 0 Å². The fourth-order valence-corrected chi connectivity index (χ4v) is 2.51. The van der Waals surface area contributed by atoms with Gasteiger partial charge in [-0.3, -0.25) is 0 Å². The number of aryl methyl sites for hydroxylation is 1. The fraction of sp³-hybridized carbons (Fsp3) is 0.238. The molecule has 134 valence electrons. The first-order chi connectivity index (χ1) is 13.3. The number of oxime groups is 1. The van der Waals surface area contributed by atoms with Crippen molar-refractivity contribution in [1.29, 1.82) is 0 Å². The van der Waals surface area contributed by atoms with E-state index in [2.05, 4.69) is 32.2 Å². The van der Waals surface area contributed by atoms with Crippen LogP contribution in [0.3, 0.4) is 0 Å². The first kappa shape index (κ1) is 17.0. The number of pyridine rings is 1. The highest BCUT2D eigenvalue weighted by atomic mass is 16.6. The number of aromatic nitrogens is 4. The van der Waals surface area contributed by atoms with Crippen molar-refractivity contribution < 1.29 is 4.84 Å². The van der Waals surface area contributed by atoms with E-state index < -0.39 is 0 Å². The van der Waals surface area contributed by atoms with Crippen LogP contribution in [-0.2, 0) is 18.5 Å². The number of benzene rings is 1. The van der Waals surface area contributed by atoms with Gasteiger partial charge in [0.25, 0.3) is 0 Å². The topological polar surface area (TPSA) is 65.2 Å². The lowest BCUT2D eigenvalue weighted by Gasteiger charge is -2.06. The number of rotatable bonds is 5. The smallest absolute Gasteiger partial charge is 0.186 e. The van der Waals surface area contributed by atoms with Crippen molar-refractivity contribution in [3.63, 3.8) is 0 Å². The van der Waals surface area contributed by atoms with Crippen LogP contribution >= 0.6 is 0 Å². The van der Waals surface area contributed by atoms with Gasteiger partial charge in [0.05, 0.1) is 5.69 Å². The average molecular weight is 357 g/mol. The first-order valence-corrected chi connectivity index (χ1v) is 8.87. The molecule has 0 amide bonds. The zero-order valence-electron chi connectivity index (χ0n) is 15.0. The van der Waals surface area contributed by atoms with Crippen LogP contribution < -0.4 is 0 Å². The maximum Gasteiger partial charge on any atom is 0.186 e. The molecule has 4 rings (SSSR count). The highest BCUT2D eigenvalue weighted by Gasteiger charge is 2.17. The van der Waals surface area contributed by atoms with E-state index in [1.54, 1.807) is 6.33 Å². The van der Waals surface area contributed by atoms with Crippen LogP contribution in [-0.4, -0.2) is 25.5 Å². The maximum absolute atomic E-state index is 5.60. The van der Waals surface area contributed by atoms with E-state index in [4.69, 9.17) is 4.84 Å². The van der Waals surface area contributed by atoms with Crippen LogP contribution in [0.25, 0.3) is 0 Å². The lowest BCUT2D eigenvalue weighted by Crippen LogP contribution is -2.11. The van der Waals surface area contributed by atoms with Gasteiger partial charge in [0, 0.05) is 18.5 Å². The van der Waals surface area contributed by atoms with E-state index in [1.807, 2.05) is 60.1 Å². The monoisotopic (exact) mass is 357 g/mol. The summed E-state index contributed by atoms with van der Waals surface area (Å²) in [6, 6.07) is 15.5. The van der Waals surface area contributed by atoms with Crippen molar-refractivity contribution in [2.45, 2.75) is 19.4 Å². The molecule has 0 radical (unpaired) electrons. The predicted molar refractivity (Wildman–Crippen MR) is 102 cm³/mol. The largest absolute Gasteiger partial charge is 0.389 e. The Labute approximate surface area is 157 Å². The summed E-state index contributed by atoms with van der Waals surface area (Å²) in [6.45, 7) is 0.257. The molecule has 2 aromatic heterocycles. The summed E-state index contributed by atoms with van der Waals surface area (Å²) in [5, 5.41) is 12.4. The van der Waals surface area contributed by atoms with Crippen molar-refractivity contribution in [3.05, 3.63) is 77.6 Å². The predicted octanol–water partition coefficient (Wildman–Crippen LogP) is 2.94. The normalized spacial score (nSPS) is 13.7. The van der Waals surface area contributed by atoms with Gasteiger partial charge in [-0.2, -0.15) is 0 Å². The van der Waals surface area contributed by atoms with E-state index >= 15 is 0 Å². The Morgan fingerprint density at radius 2 is 2.04 bits per heavy atom. The third-order valence-electron chi connectivity index (χ3n) is 4.13. The Morgan fingerprint density at radius 3 is 2.78 bits per heavy atom. The lowest BCUT2D eigenvalue weighted by atomic mass is 10.1. The Bertz CT molecular complexity index is 1010. The molecule has 1 saturated carbocycles. The maximum atomic E-state index is 5.60. The summed E-state index contributed by atoms with van der Waals surface area (Å²) in [5.41, 5.74) is 3.08. The summed E-state index contributed by atoms with van der Waals surface area (Å²) in [5.74, 6) is 7.54. The molecule has 0 bridgehead atoms. The van der Waals surface area contributed by atoms with E-state index in [1.165, 1.54) is 12.8 Å². The van der Waals surface area contributed by atoms with Gasteiger partial charge < -0.3 is 9.40 Å². The Kier molecular flexibility index (Phi) is 4.93. The van der Waals surface area contributed by atoms with Crippen molar-refractivity contribution in [2.24, 2.45) is 18.1 Å². The number of hydrogen-bond acceptors (Lipinski definition) is 5. The van der Waals surface area contributed by atoms with Gasteiger partial charge in [0.1, 0.15) is 12.0 Å². The third kappa shape index (κ3) is 4.39. The van der Waals surface area contributed by atoms with Crippen LogP contribution in [0, 0.1) is 17.8 Å². The minimum absolute atomic E-state index is 0.257. The second-order valence-corrected chi connectivity index (χ2v) is 6.40. The summed E-state index contributed by atoms with van der Waals surface area (Å²) in [4.78, 5) is 10.1. The zero-order chi connectivity index (χ0) is 18.5. The summed E-state index contributed by atoms with van der Waals surface area (Å²) >= 11 is 0. The number of hydrogen-bond donors (Lipinski definition) is 0. The molecule has 27 heavy (non-hydrogen) atoms. The molecule has 1 fully saturated rings. The molecule has 0 saturated heterocycles. The van der Waals surface area contributed by atoms with E-state index in [-0.39, 0.29) is 6.61 Å². The van der Waals surface area contributed by atoms with Crippen molar-refractivity contribution in [3.8, 4) is 11.8 Å². The van der Waals surface area contributed by atoms with Crippen molar-refractivity contribution in [1.82, 2.24) is 19.7 Å². The molecule has 3 aromatic rings. The second kappa shape index (κ2) is 7.83. The third-order valence-corrected chi connectivity index (χ3v) is 4.13. The summed E-state index contributed by atoms with van der Waals surface area (Å²) in [6.07, 6.45) is 4.04. The van der Waals surface area contributed by atoms with Crippen LogP contribution in [0.1, 0.15) is 35.6 Å². The molecular formula is C21H19N5O. The minimum Gasteiger partial charge on any atom is -0.389 e. The second-order valence-electron chi connectivity index (χ2n) is 6.40. The van der Waals surface area contributed by atoms with E-state index in [0.717, 1.165) is 17.0 Å². The Hall–Kier alpha value is -3.46. The number of nitrogens with zero attached hydrogens (tertiary/aromatic N) is 5. The molecule has 1 aromatic carbocycles. The van der Waals surface area contributed by atoms with Gasteiger partial charge in [0.15, 0.2) is 18.1 Å². The van der Waals surface area contributed by atoms with Crippen LogP contribution in [0.2, 0.25) is 0 Å². The highest BCUT2D eigenvalue weighted by molar-refractivity contribution is 6.10. The molecule has 0 atom stereocenters. The van der Waals surface area contributed by atoms with Gasteiger partial charge in [-0.15, -0.1) is 10.2 Å². The van der Waals surface area contributed by atoms with E-state index in [0.29, 0.717) is 17.5 Å². The molecule has 6 nitrogen and oxygen atoms in total. The standard InChI is InChI=1S/C21H19N5O/c1-26-15-22-24-21(26)20(17-6-3-2-4-7-17)25-27-14-19-9-5-8-18(23-19)13-12-16-10-11-16/h2-9,15-16H,10-11,14H2,1H3. The van der Waals surface area contributed by atoms with Gasteiger partial charge in [0.2, 0.25) is 0 Å². The summed E-state index contributed by atoms with van der Waals surface area (Å²) in [7, 11) is 1.87. The quantitative estimate of drug-likeness (QED) is 0.400. The Morgan fingerprint density at radius 1 is 1.19 bits per heavy atom. The van der Waals surface area contributed by atoms with Gasteiger partial charge in [-0.1, -0.05) is 47.5 Å². The molecule has 1 aliphatic rings. The average Bonchev–Trinajstić information content (AvgIpc) is 3.45. The minimum atomic E-state index is 0.257. The molecule has 0 N–H and O–H groups in total. The molecule has 1 aliphatic carbocycles. The zero-order valence-corrected chi connectivity index (χ0v) is 15.0. The molecule has 0 spiro atoms. The van der Waals surface area contributed by atoms with E-state index in [9.17, 15) is 0 Å². The molecule has 0 aliphatic heterocycles.